The second-order valence-electron chi connectivity index (χ2n) is 5.34. The molecule has 0 saturated carbocycles. The highest BCUT2D eigenvalue weighted by atomic mass is 16.5. The normalized spacial score (nSPS) is 15.1. The molecular formula is C11H22O4. The topological polar surface area (TPSA) is 55.8 Å². The second kappa shape index (κ2) is 4.94. The minimum absolute atomic E-state index is 0.270. The maximum atomic E-state index is 10.9. The summed E-state index contributed by atoms with van der Waals surface area (Å²) in [6.45, 7) is 9.80. The van der Waals surface area contributed by atoms with E-state index in [2.05, 4.69) is 0 Å². The third-order valence-corrected chi connectivity index (χ3v) is 2.05. The van der Waals surface area contributed by atoms with Gasteiger partial charge in [0.1, 0.15) is 0 Å². The van der Waals surface area contributed by atoms with Crippen LogP contribution in [0.25, 0.3) is 0 Å². The summed E-state index contributed by atoms with van der Waals surface area (Å²) in [6.07, 6.45) is -0.847. The number of hydrogen-bond acceptors (Lipinski definition) is 3. The Morgan fingerprint density at radius 3 is 2.00 bits per heavy atom. The zero-order valence-corrected chi connectivity index (χ0v) is 10.5. The van der Waals surface area contributed by atoms with E-state index in [1.165, 1.54) is 7.11 Å². The molecule has 0 fully saturated rings. The Hall–Kier alpha value is -0.610. The van der Waals surface area contributed by atoms with E-state index in [1.807, 2.05) is 34.6 Å². The molecule has 1 N–H and O–H groups in total. The molecule has 0 aliphatic carbocycles. The summed E-state index contributed by atoms with van der Waals surface area (Å²) >= 11 is 0. The fourth-order valence-electron chi connectivity index (χ4n) is 1.23. The Morgan fingerprint density at radius 1 is 1.27 bits per heavy atom. The molecule has 0 heterocycles. The van der Waals surface area contributed by atoms with Gasteiger partial charge in [0.15, 0.2) is 6.10 Å². The number of rotatable bonds is 5. The van der Waals surface area contributed by atoms with E-state index in [0.29, 0.717) is 6.61 Å². The van der Waals surface area contributed by atoms with Crippen LogP contribution in [0, 0.1) is 5.41 Å². The quantitative estimate of drug-likeness (QED) is 0.766. The van der Waals surface area contributed by atoms with Gasteiger partial charge in [0.2, 0.25) is 0 Å². The van der Waals surface area contributed by atoms with E-state index >= 15 is 0 Å². The fraction of sp³-hybridized carbons (Fsp3) is 0.909. The minimum atomic E-state index is -0.958. The van der Waals surface area contributed by atoms with E-state index in [1.54, 1.807) is 0 Å². The average molecular weight is 218 g/mol. The standard InChI is InChI=1S/C11H22O4/c1-10(2,3)15-7-11(4,5)8(14-6)9(12)13/h8H,7H2,1-6H3,(H,12,13). The lowest BCUT2D eigenvalue weighted by atomic mass is 9.87. The fourth-order valence-corrected chi connectivity index (χ4v) is 1.23. The molecule has 0 saturated heterocycles. The maximum absolute atomic E-state index is 10.9. The van der Waals surface area contributed by atoms with Gasteiger partial charge >= 0.3 is 5.97 Å². The molecule has 15 heavy (non-hydrogen) atoms. The monoisotopic (exact) mass is 218 g/mol. The third-order valence-electron chi connectivity index (χ3n) is 2.05. The van der Waals surface area contributed by atoms with Crippen molar-refractivity contribution in [2.45, 2.75) is 46.3 Å². The van der Waals surface area contributed by atoms with Gasteiger partial charge < -0.3 is 14.6 Å². The molecule has 0 amide bonds. The molecule has 90 valence electrons. The largest absolute Gasteiger partial charge is 0.479 e. The Bertz CT molecular complexity index is 215. The Labute approximate surface area is 91.6 Å². The highest BCUT2D eigenvalue weighted by Gasteiger charge is 2.36. The van der Waals surface area contributed by atoms with Gasteiger partial charge in [0, 0.05) is 12.5 Å². The van der Waals surface area contributed by atoms with Gasteiger partial charge in [-0.15, -0.1) is 0 Å². The molecule has 0 aliphatic rings. The zero-order chi connectivity index (χ0) is 12.3. The van der Waals surface area contributed by atoms with Crippen molar-refractivity contribution in [1.29, 1.82) is 0 Å². The van der Waals surface area contributed by atoms with Crippen LogP contribution >= 0.6 is 0 Å². The minimum Gasteiger partial charge on any atom is -0.479 e. The molecule has 4 nitrogen and oxygen atoms in total. The molecule has 0 aliphatic heterocycles. The number of hydrogen-bond donors (Lipinski definition) is 1. The summed E-state index contributed by atoms with van der Waals surface area (Å²) in [6, 6.07) is 0. The second-order valence-corrected chi connectivity index (χ2v) is 5.34. The Morgan fingerprint density at radius 2 is 1.73 bits per heavy atom. The highest BCUT2D eigenvalue weighted by Crippen LogP contribution is 2.26. The van der Waals surface area contributed by atoms with Gasteiger partial charge in [0.05, 0.1) is 12.2 Å². The van der Waals surface area contributed by atoms with Crippen LogP contribution in [0.15, 0.2) is 0 Å². The van der Waals surface area contributed by atoms with Crippen molar-refractivity contribution in [2.75, 3.05) is 13.7 Å². The van der Waals surface area contributed by atoms with Crippen LogP contribution in [-0.2, 0) is 14.3 Å². The summed E-state index contributed by atoms with van der Waals surface area (Å²) < 4.78 is 10.5. The average Bonchev–Trinajstić information content (AvgIpc) is 1.99. The smallest absolute Gasteiger partial charge is 0.333 e. The van der Waals surface area contributed by atoms with Crippen LogP contribution in [0.2, 0.25) is 0 Å². The number of carboxylic acids is 1. The predicted molar refractivity (Wildman–Crippen MR) is 57.9 cm³/mol. The molecule has 0 aromatic carbocycles. The first-order valence-electron chi connectivity index (χ1n) is 5.00. The number of ether oxygens (including phenoxy) is 2. The van der Waals surface area contributed by atoms with Gasteiger partial charge in [-0.05, 0) is 20.8 Å². The molecular weight excluding hydrogens is 196 g/mol. The van der Waals surface area contributed by atoms with E-state index in [-0.39, 0.29) is 5.60 Å². The first kappa shape index (κ1) is 14.4. The van der Waals surface area contributed by atoms with E-state index < -0.39 is 17.5 Å². The predicted octanol–water partition coefficient (Wildman–Crippen LogP) is 1.93. The van der Waals surface area contributed by atoms with Crippen molar-refractivity contribution >= 4 is 5.97 Å². The lowest BCUT2D eigenvalue weighted by Crippen LogP contribution is -2.43. The van der Waals surface area contributed by atoms with Crippen LogP contribution in [0.5, 0.6) is 0 Å². The van der Waals surface area contributed by atoms with E-state index in [9.17, 15) is 4.79 Å². The van der Waals surface area contributed by atoms with Crippen molar-refractivity contribution < 1.29 is 19.4 Å². The van der Waals surface area contributed by atoms with Crippen molar-refractivity contribution in [3.63, 3.8) is 0 Å². The molecule has 0 aromatic heterocycles. The van der Waals surface area contributed by atoms with E-state index in [4.69, 9.17) is 14.6 Å². The lowest BCUT2D eigenvalue weighted by Gasteiger charge is -2.33. The van der Waals surface area contributed by atoms with Crippen molar-refractivity contribution in [3.05, 3.63) is 0 Å². The molecule has 0 aromatic rings. The molecule has 1 unspecified atom stereocenters. The summed E-state index contributed by atoms with van der Waals surface area (Å²) in [4.78, 5) is 10.9. The number of carbonyl (C=O) groups is 1. The summed E-state index contributed by atoms with van der Waals surface area (Å²) in [5.74, 6) is -0.958. The Kier molecular flexibility index (Phi) is 4.74. The first-order valence-corrected chi connectivity index (χ1v) is 5.00. The van der Waals surface area contributed by atoms with E-state index in [0.717, 1.165) is 0 Å². The van der Waals surface area contributed by atoms with Crippen LogP contribution in [0.4, 0.5) is 0 Å². The van der Waals surface area contributed by atoms with Crippen LogP contribution in [0.3, 0.4) is 0 Å². The molecule has 0 spiro atoms. The summed E-state index contributed by atoms with van der Waals surface area (Å²) in [7, 11) is 1.40. The van der Waals surface area contributed by atoms with Gasteiger partial charge in [-0.3, -0.25) is 0 Å². The van der Waals surface area contributed by atoms with Crippen molar-refractivity contribution in [1.82, 2.24) is 0 Å². The SMILES string of the molecule is COC(C(=O)O)C(C)(C)COC(C)(C)C. The number of methoxy groups -OCH3 is 1. The van der Waals surface area contributed by atoms with Gasteiger partial charge in [0.25, 0.3) is 0 Å². The highest BCUT2D eigenvalue weighted by molar-refractivity contribution is 5.73. The third kappa shape index (κ3) is 5.14. The van der Waals surface area contributed by atoms with Crippen molar-refractivity contribution in [2.24, 2.45) is 5.41 Å². The van der Waals surface area contributed by atoms with Crippen molar-refractivity contribution in [3.8, 4) is 0 Å². The van der Waals surface area contributed by atoms with Gasteiger partial charge in [-0.25, -0.2) is 4.79 Å². The number of carboxylic acid groups (broad SMARTS) is 1. The zero-order valence-electron chi connectivity index (χ0n) is 10.5. The Balaban J connectivity index is 4.45. The molecule has 4 heteroatoms. The van der Waals surface area contributed by atoms with Crippen LogP contribution in [0.1, 0.15) is 34.6 Å². The summed E-state index contributed by atoms with van der Waals surface area (Å²) in [5.41, 5.74) is -0.818. The maximum Gasteiger partial charge on any atom is 0.333 e. The summed E-state index contributed by atoms with van der Waals surface area (Å²) in [5, 5.41) is 8.96. The molecule has 1 atom stereocenters. The molecule has 0 rings (SSSR count). The first-order chi connectivity index (χ1) is 6.60. The lowest BCUT2D eigenvalue weighted by molar-refractivity contribution is -0.162. The van der Waals surface area contributed by atoms with Gasteiger partial charge in [-0.2, -0.15) is 0 Å². The van der Waals surface area contributed by atoms with Gasteiger partial charge in [-0.1, -0.05) is 13.8 Å². The van der Waals surface area contributed by atoms with Crippen LogP contribution in [-0.4, -0.2) is 36.5 Å². The molecule has 0 bridgehead atoms. The van der Waals surface area contributed by atoms with Crippen LogP contribution < -0.4 is 0 Å². The molecule has 0 radical (unpaired) electrons. The number of aliphatic carboxylic acids is 1.